The summed E-state index contributed by atoms with van der Waals surface area (Å²) in [5, 5.41) is 3.87. The van der Waals surface area contributed by atoms with E-state index in [0.29, 0.717) is 50.3 Å². The van der Waals surface area contributed by atoms with Gasteiger partial charge in [0.2, 0.25) is 5.89 Å². The lowest BCUT2D eigenvalue weighted by Gasteiger charge is -2.35. The topological polar surface area (TPSA) is 58.3 Å². The monoisotopic (exact) mass is 375 g/mol. The second-order valence-electron chi connectivity index (χ2n) is 5.75. The molecule has 2 aromatic rings. The Labute approximate surface area is 147 Å². The van der Waals surface area contributed by atoms with Gasteiger partial charge in [0.1, 0.15) is 5.82 Å². The fourth-order valence-corrected chi connectivity index (χ4v) is 2.91. The molecule has 10 heteroatoms. The Kier molecular flexibility index (Phi) is 5.14. The minimum Gasteiger partial charge on any atom is -0.353 e. The third kappa shape index (κ3) is 4.21. The molecule has 136 valence electrons. The number of hydrogen-bond acceptors (Lipinski definition) is 6. The average Bonchev–Trinajstić information content (AvgIpc) is 3.02. The van der Waals surface area contributed by atoms with E-state index >= 15 is 0 Å². The maximum Gasteiger partial charge on any atom is 0.417 e. The maximum absolute atomic E-state index is 12.7. The van der Waals surface area contributed by atoms with E-state index in [4.69, 9.17) is 16.1 Å². The lowest BCUT2D eigenvalue weighted by atomic mass is 10.2. The highest BCUT2D eigenvalue weighted by Crippen LogP contribution is 2.33. The quantitative estimate of drug-likeness (QED) is 0.818. The zero-order valence-corrected chi connectivity index (χ0v) is 14.3. The zero-order chi connectivity index (χ0) is 18.0. The molecule has 0 bridgehead atoms. The van der Waals surface area contributed by atoms with Gasteiger partial charge in [0, 0.05) is 38.8 Å². The molecule has 6 nitrogen and oxygen atoms in total. The number of aromatic nitrogens is 3. The number of hydrogen-bond donors (Lipinski definition) is 0. The Bertz CT molecular complexity index is 728. The first-order chi connectivity index (χ1) is 11.9. The van der Waals surface area contributed by atoms with Crippen LogP contribution in [-0.2, 0) is 19.1 Å². The molecule has 0 aliphatic carbocycles. The molecule has 0 radical (unpaired) electrons. The van der Waals surface area contributed by atoms with Crippen LogP contribution >= 0.6 is 11.6 Å². The summed E-state index contributed by atoms with van der Waals surface area (Å²) in [5.41, 5.74) is -0.844. The summed E-state index contributed by atoms with van der Waals surface area (Å²) >= 11 is 6.00. The average molecular weight is 376 g/mol. The minimum atomic E-state index is -4.45. The lowest BCUT2D eigenvalue weighted by Crippen LogP contribution is -2.46. The van der Waals surface area contributed by atoms with Crippen LogP contribution in [0.5, 0.6) is 0 Å². The van der Waals surface area contributed by atoms with E-state index in [1.54, 1.807) is 0 Å². The molecule has 0 N–H and O–H groups in total. The van der Waals surface area contributed by atoms with Crippen molar-refractivity contribution in [3.8, 4) is 0 Å². The predicted octanol–water partition coefficient (Wildman–Crippen LogP) is 3.02. The van der Waals surface area contributed by atoms with Gasteiger partial charge in [0.25, 0.3) is 0 Å². The van der Waals surface area contributed by atoms with Crippen LogP contribution in [0.3, 0.4) is 0 Å². The van der Waals surface area contributed by atoms with Crippen LogP contribution in [0, 0.1) is 0 Å². The van der Waals surface area contributed by atoms with Crippen LogP contribution in [0.15, 0.2) is 16.8 Å². The minimum absolute atomic E-state index is 0.00719. The molecular formula is C15H17ClF3N5O. The number of anilines is 1. The predicted molar refractivity (Wildman–Crippen MR) is 85.4 cm³/mol. The Morgan fingerprint density at radius 1 is 1.24 bits per heavy atom. The SMILES string of the molecule is CCc1noc(CN2CCN(c3ncc(C(F)(F)F)cc3Cl)CC2)n1. The molecule has 1 saturated heterocycles. The van der Waals surface area contributed by atoms with Gasteiger partial charge in [0.05, 0.1) is 17.1 Å². The molecule has 0 amide bonds. The van der Waals surface area contributed by atoms with E-state index in [2.05, 4.69) is 20.0 Å². The van der Waals surface area contributed by atoms with Crippen molar-refractivity contribution in [2.24, 2.45) is 0 Å². The van der Waals surface area contributed by atoms with Crippen molar-refractivity contribution in [1.29, 1.82) is 0 Å². The molecule has 0 saturated carbocycles. The van der Waals surface area contributed by atoms with Gasteiger partial charge in [-0.2, -0.15) is 18.2 Å². The van der Waals surface area contributed by atoms with Gasteiger partial charge in [-0.25, -0.2) is 4.98 Å². The second kappa shape index (κ2) is 7.17. The van der Waals surface area contributed by atoms with Crippen molar-refractivity contribution in [1.82, 2.24) is 20.0 Å². The summed E-state index contributed by atoms with van der Waals surface area (Å²) in [6.45, 7) is 5.11. The molecule has 0 atom stereocenters. The van der Waals surface area contributed by atoms with Gasteiger partial charge >= 0.3 is 6.18 Å². The molecule has 1 aliphatic heterocycles. The van der Waals surface area contributed by atoms with Crippen molar-refractivity contribution in [3.05, 3.63) is 34.6 Å². The van der Waals surface area contributed by atoms with Crippen molar-refractivity contribution >= 4 is 17.4 Å². The van der Waals surface area contributed by atoms with Gasteiger partial charge in [-0.1, -0.05) is 23.7 Å². The molecule has 25 heavy (non-hydrogen) atoms. The highest BCUT2D eigenvalue weighted by atomic mass is 35.5. The standard InChI is InChI=1S/C15H17ClF3N5O/c1-2-12-21-13(25-22-12)9-23-3-5-24(6-4-23)14-11(16)7-10(8-20-14)15(17,18)19/h7-8H,2-6,9H2,1H3. The Balaban J connectivity index is 1.60. The van der Waals surface area contributed by atoms with Crippen LogP contribution < -0.4 is 4.90 Å². The maximum atomic E-state index is 12.7. The number of nitrogens with zero attached hydrogens (tertiary/aromatic N) is 5. The summed E-state index contributed by atoms with van der Waals surface area (Å²) in [5.74, 6) is 1.62. The lowest BCUT2D eigenvalue weighted by molar-refractivity contribution is -0.137. The van der Waals surface area contributed by atoms with E-state index in [1.807, 2.05) is 11.8 Å². The normalized spacial score (nSPS) is 16.4. The number of aryl methyl sites for hydroxylation is 1. The summed E-state index contributed by atoms with van der Waals surface area (Å²) in [4.78, 5) is 12.2. The van der Waals surface area contributed by atoms with E-state index in [0.717, 1.165) is 18.7 Å². The Morgan fingerprint density at radius 2 is 1.96 bits per heavy atom. The van der Waals surface area contributed by atoms with Gasteiger partial charge < -0.3 is 9.42 Å². The number of halogens is 4. The first-order valence-corrected chi connectivity index (χ1v) is 8.26. The van der Waals surface area contributed by atoms with Gasteiger partial charge in [-0.15, -0.1) is 0 Å². The van der Waals surface area contributed by atoms with E-state index in [-0.39, 0.29) is 5.02 Å². The molecule has 3 heterocycles. The first kappa shape index (κ1) is 17.9. The van der Waals surface area contributed by atoms with Crippen molar-refractivity contribution in [2.75, 3.05) is 31.1 Å². The van der Waals surface area contributed by atoms with Crippen molar-refractivity contribution in [3.63, 3.8) is 0 Å². The van der Waals surface area contributed by atoms with Gasteiger partial charge in [-0.3, -0.25) is 4.90 Å². The van der Waals surface area contributed by atoms with Crippen LogP contribution in [0.2, 0.25) is 5.02 Å². The summed E-state index contributed by atoms with van der Waals surface area (Å²) in [6.07, 6.45) is -2.91. The van der Waals surface area contributed by atoms with Crippen LogP contribution in [0.25, 0.3) is 0 Å². The smallest absolute Gasteiger partial charge is 0.353 e. The van der Waals surface area contributed by atoms with Gasteiger partial charge in [0.15, 0.2) is 5.82 Å². The first-order valence-electron chi connectivity index (χ1n) is 7.88. The Morgan fingerprint density at radius 3 is 2.52 bits per heavy atom. The van der Waals surface area contributed by atoms with E-state index in [9.17, 15) is 13.2 Å². The van der Waals surface area contributed by atoms with Crippen molar-refractivity contribution in [2.45, 2.75) is 26.1 Å². The number of alkyl halides is 3. The number of piperazine rings is 1. The van der Waals surface area contributed by atoms with Crippen LogP contribution in [0.4, 0.5) is 19.0 Å². The largest absolute Gasteiger partial charge is 0.417 e. The molecule has 3 rings (SSSR count). The van der Waals surface area contributed by atoms with Crippen molar-refractivity contribution < 1.29 is 17.7 Å². The molecule has 0 aromatic carbocycles. The van der Waals surface area contributed by atoms with Gasteiger partial charge in [-0.05, 0) is 6.07 Å². The van der Waals surface area contributed by atoms with Crippen LogP contribution in [-0.4, -0.2) is 46.2 Å². The summed E-state index contributed by atoms with van der Waals surface area (Å²) < 4.78 is 43.2. The number of pyridine rings is 1. The highest BCUT2D eigenvalue weighted by Gasteiger charge is 2.32. The van der Waals surface area contributed by atoms with Crippen LogP contribution in [0.1, 0.15) is 24.2 Å². The molecule has 2 aromatic heterocycles. The summed E-state index contributed by atoms with van der Waals surface area (Å²) in [7, 11) is 0. The third-order valence-corrected chi connectivity index (χ3v) is 4.28. The molecule has 0 unspecified atom stereocenters. The second-order valence-corrected chi connectivity index (χ2v) is 6.16. The number of rotatable bonds is 4. The highest BCUT2D eigenvalue weighted by molar-refractivity contribution is 6.33. The third-order valence-electron chi connectivity index (χ3n) is 4.01. The zero-order valence-electron chi connectivity index (χ0n) is 13.6. The molecule has 0 spiro atoms. The molecule has 1 fully saturated rings. The molecular weight excluding hydrogens is 359 g/mol. The van der Waals surface area contributed by atoms with E-state index < -0.39 is 11.7 Å². The Hall–Kier alpha value is -1.87. The summed E-state index contributed by atoms with van der Waals surface area (Å²) in [6, 6.07) is 0.918. The van der Waals surface area contributed by atoms with E-state index in [1.165, 1.54) is 0 Å². The fraction of sp³-hybridized carbons (Fsp3) is 0.533. The molecule has 1 aliphatic rings. The fourth-order valence-electron chi connectivity index (χ4n) is 2.63.